The van der Waals surface area contributed by atoms with Gasteiger partial charge < -0.3 is 9.84 Å². The fourth-order valence-corrected chi connectivity index (χ4v) is 2.85. The van der Waals surface area contributed by atoms with E-state index in [1.54, 1.807) is 0 Å². The van der Waals surface area contributed by atoms with E-state index in [1.165, 1.54) is 6.21 Å². The number of carbonyl (C=O) groups excluding carboxylic acids is 1. The molecule has 128 valence electrons. The van der Waals surface area contributed by atoms with Crippen molar-refractivity contribution in [2.75, 3.05) is 0 Å². The monoisotopic (exact) mass is 335 g/mol. The first-order valence-electron chi connectivity index (χ1n) is 8.26. The minimum Gasteiger partial charge on any atom is -0.511 e. The van der Waals surface area contributed by atoms with Crippen molar-refractivity contribution in [3.8, 4) is 11.5 Å². The van der Waals surface area contributed by atoms with Crippen molar-refractivity contribution in [3.05, 3.63) is 65.9 Å². The normalized spacial score (nSPS) is 17.1. The number of nitrogens with zero attached hydrogens (tertiary/aromatic N) is 1. The van der Waals surface area contributed by atoms with Crippen molar-refractivity contribution >= 4 is 17.7 Å². The molecule has 0 amide bonds. The summed E-state index contributed by atoms with van der Waals surface area (Å²) in [5.41, 5.74) is 0.672. The van der Waals surface area contributed by atoms with Gasteiger partial charge in [-0.2, -0.15) is 0 Å². The lowest BCUT2D eigenvalue weighted by molar-refractivity contribution is -0.117. The molecule has 0 radical (unpaired) electrons. The fourth-order valence-electron chi connectivity index (χ4n) is 2.85. The zero-order chi connectivity index (χ0) is 17.9. The van der Waals surface area contributed by atoms with E-state index in [2.05, 4.69) is 4.99 Å². The van der Waals surface area contributed by atoms with Crippen molar-refractivity contribution in [3.63, 3.8) is 0 Å². The molecule has 0 aliphatic heterocycles. The quantitative estimate of drug-likeness (QED) is 0.763. The summed E-state index contributed by atoms with van der Waals surface area (Å²) in [5.74, 6) is 1.32. The van der Waals surface area contributed by atoms with E-state index in [0.717, 1.165) is 0 Å². The van der Waals surface area contributed by atoms with E-state index < -0.39 is 0 Å². The average Bonchev–Trinajstić information content (AvgIpc) is 2.55. The van der Waals surface area contributed by atoms with E-state index in [4.69, 9.17) is 4.74 Å². The van der Waals surface area contributed by atoms with Gasteiger partial charge in [0.1, 0.15) is 17.2 Å². The third kappa shape index (κ3) is 4.15. The molecule has 0 saturated carbocycles. The predicted octanol–water partition coefficient (Wildman–Crippen LogP) is 5.38. The summed E-state index contributed by atoms with van der Waals surface area (Å²) in [7, 11) is 0. The van der Waals surface area contributed by atoms with Crippen LogP contribution in [-0.2, 0) is 4.79 Å². The summed E-state index contributed by atoms with van der Waals surface area (Å²) < 4.78 is 5.86. The first-order valence-corrected chi connectivity index (χ1v) is 8.26. The maximum absolute atomic E-state index is 12.3. The largest absolute Gasteiger partial charge is 0.511 e. The fraction of sp³-hybridized carbons (Fsp3) is 0.238. The molecule has 0 atom stereocenters. The first kappa shape index (κ1) is 17.0. The van der Waals surface area contributed by atoms with E-state index >= 15 is 0 Å². The maximum Gasteiger partial charge on any atom is 0.168 e. The highest BCUT2D eigenvalue weighted by molar-refractivity contribution is 6.15. The summed E-state index contributed by atoms with van der Waals surface area (Å²) in [6.45, 7) is 3.94. The van der Waals surface area contributed by atoms with Crippen molar-refractivity contribution < 1.29 is 14.6 Å². The summed E-state index contributed by atoms with van der Waals surface area (Å²) in [4.78, 5) is 16.7. The second-order valence-electron chi connectivity index (χ2n) is 6.94. The molecule has 0 saturated heterocycles. The van der Waals surface area contributed by atoms with E-state index in [0.29, 0.717) is 30.0 Å². The number of para-hydroxylation sites is 3. The van der Waals surface area contributed by atoms with Crippen LogP contribution in [0.15, 0.2) is 70.9 Å². The number of rotatable bonds is 4. The Balaban J connectivity index is 1.86. The molecule has 4 nitrogen and oxygen atoms in total. The Kier molecular flexibility index (Phi) is 4.70. The second kappa shape index (κ2) is 6.93. The van der Waals surface area contributed by atoms with Crippen LogP contribution in [0.5, 0.6) is 11.5 Å². The van der Waals surface area contributed by atoms with Crippen molar-refractivity contribution in [1.29, 1.82) is 0 Å². The highest BCUT2D eigenvalue weighted by Gasteiger charge is 2.32. The van der Waals surface area contributed by atoms with Gasteiger partial charge in [0, 0.05) is 19.1 Å². The number of aliphatic hydroxyl groups excluding tert-OH is 1. The Labute approximate surface area is 147 Å². The predicted molar refractivity (Wildman–Crippen MR) is 98.8 cm³/mol. The Hall–Kier alpha value is -2.88. The highest BCUT2D eigenvalue weighted by Crippen LogP contribution is 2.36. The minimum atomic E-state index is -0.215. The molecule has 0 unspecified atom stereocenters. The number of hydrogen-bond acceptors (Lipinski definition) is 4. The first-order chi connectivity index (χ1) is 11.9. The van der Waals surface area contributed by atoms with Crippen LogP contribution in [0.2, 0.25) is 0 Å². The van der Waals surface area contributed by atoms with Gasteiger partial charge in [-0.1, -0.05) is 44.2 Å². The number of ether oxygens (including phenoxy) is 1. The van der Waals surface area contributed by atoms with Crippen molar-refractivity contribution in [2.45, 2.75) is 26.7 Å². The SMILES string of the molecule is CC1(C)CC(=O)C(C=Nc2ccccc2Oc2ccccc2)=C(O)C1. The van der Waals surface area contributed by atoms with Gasteiger partial charge in [-0.05, 0) is 29.7 Å². The maximum atomic E-state index is 12.3. The van der Waals surface area contributed by atoms with Gasteiger partial charge >= 0.3 is 0 Å². The molecular formula is C21H21NO3. The number of ketones is 1. The summed E-state index contributed by atoms with van der Waals surface area (Å²) in [6.07, 6.45) is 2.32. The number of Topliss-reactive ketones (excluding diaryl/α,β-unsaturated/α-hetero) is 1. The molecule has 1 aliphatic carbocycles. The molecular weight excluding hydrogens is 314 g/mol. The summed E-state index contributed by atoms with van der Waals surface area (Å²) in [6, 6.07) is 16.8. The molecule has 0 spiro atoms. The molecule has 4 heteroatoms. The molecule has 1 N–H and O–H groups in total. The molecule has 0 bridgehead atoms. The smallest absolute Gasteiger partial charge is 0.168 e. The Morgan fingerprint density at radius 2 is 1.72 bits per heavy atom. The lowest BCUT2D eigenvalue weighted by Gasteiger charge is -2.28. The average molecular weight is 335 g/mol. The molecule has 0 aromatic heterocycles. The van der Waals surface area contributed by atoms with Crippen LogP contribution >= 0.6 is 0 Å². The molecule has 2 aromatic rings. The van der Waals surface area contributed by atoms with Crippen LogP contribution in [0.1, 0.15) is 26.7 Å². The molecule has 0 heterocycles. The number of allylic oxidation sites excluding steroid dienone is 2. The van der Waals surface area contributed by atoms with E-state index in [9.17, 15) is 9.90 Å². The van der Waals surface area contributed by atoms with Crippen LogP contribution < -0.4 is 4.74 Å². The number of benzene rings is 2. The second-order valence-corrected chi connectivity index (χ2v) is 6.94. The lowest BCUT2D eigenvalue weighted by Crippen LogP contribution is -2.26. The third-order valence-electron chi connectivity index (χ3n) is 4.07. The van der Waals surface area contributed by atoms with Crippen LogP contribution in [0.3, 0.4) is 0 Å². The van der Waals surface area contributed by atoms with Gasteiger partial charge in [-0.25, -0.2) is 0 Å². The van der Waals surface area contributed by atoms with E-state index in [1.807, 2.05) is 68.4 Å². The molecule has 1 aliphatic rings. The summed E-state index contributed by atoms with van der Waals surface area (Å²) in [5, 5.41) is 10.2. The molecule has 2 aromatic carbocycles. The number of hydrogen-bond donors (Lipinski definition) is 1. The van der Waals surface area contributed by atoms with Gasteiger partial charge in [0.15, 0.2) is 11.5 Å². The van der Waals surface area contributed by atoms with Gasteiger partial charge in [-0.3, -0.25) is 9.79 Å². The third-order valence-corrected chi connectivity index (χ3v) is 4.07. The zero-order valence-corrected chi connectivity index (χ0v) is 14.4. The Bertz CT molecular complexity index is 835. The van der Waals surface area contributed by atoms with Crippen LogP contribution in [0.4, 0.5) is 5.69 Å². The molecule has 3 rings (SSSR count). The van der Waals surface area contributed by atoms with Crippen LogP contribution in [-0.4, -0.2) is 17.1 Å². The topological polar surface area (TPSA) is 58.9 Å². The molecule has 25 heavy (non-hydrogen) atoms. The van der Waals surface area contributed by atoms with E-state index in [-0.39, 0.29) is 22.5 Å². The number of aliphatic imine (C=N–C) groups is 1. The van der Waals surface area contributed by atoms with Crippen molar-refractivity contribution in [2.24, 2.45) is 10.4 Å². The van der Waals surface area contributed by atoms with Gasteiger partial charge in [0.2, 0.25) is 0 Å². The van der Waals surface area contributed by atoms with Crippen LogP contribution in [0.25, 0.3) is 0 Å². The Morgan fingerprint density at radius 1 is 1.04 bits per heavy atom. The van der Waals surface area contributed by atoms with Gasteiger partial charge in [0.25, 0.3) is 0 Å². The zero-order valence-electron chi connectivity index (χ0n) is 14.4. The van der Waals surface area contributed by atoms with Crippen LogP contribution in [0, 0.1) is 5.41 Å². The summed E-state index contributed by atoms with van der Waals surface area (Å²) >= 11 is 0. The molecule has 0 fully saturated rings. The van der Waals surface area contributed by atoms with Gasteiger partial charge in [0.05, 0.1) is 5.57 Å². The highest BCUT2D eigenvalue weighted by atomic mass is 16.5. The number of carbonyl (C=O) groups is 1. The lowest BCUT2D eigenvalue weighted by atomic mass is 9.77. The Morgan fingerprint density at radius 3 is 2.44 bits per heavy atom. The standard InChI is InChI=1S/C21H21NO3/c1-21(2)12-18(23)16(19(24)13-21)14-22-17-10-6-7-11-20(17)25-15-8-4-3-5-9-15/h3-11,14,23H,12-13H2,1-2H3. The number of aliphatic hydroxyl groups is 1. The minimum absolute atomic E-state index is 0.0843. The van der Waals surface area contributed by atoms with Gasteiger partial charge in [-0.15, -0.1) is 0 Å². The van der Waals surface area contributed by atoms with Crippen molar-refractivity contribution in [1.82, 2.24) is 0 Å².